The van der Waals surface area contributed by atoms with Gasteiger partial charge in [-0.15, -0.1) is 11.3 Å². The lowest BCUT2D eigenvalue weighted by Gasteiger charge is -2.28. The number of nitrogens with zero attached hydrogens (tertiary/aromatic N) is 1. The number of hydrogen-bond donors (Lipinski definition) is 1. The number of benzene rings is 2. The van der Waals surface area contributed by atoms with Crippen LogP contribution in [0.15, 0.2) is 64.2 Å². The molecule has 0 aliphatic heterocycles. The van der Waals surface area contributed by atoms with Crippen LogP contribution in [0.1, 0.15) is 34.8 Å². The molecule has 1 unspecified atom stereocenters. The molecule has 1 aliphatic carbocycles. The van der Waals surface area contributed by atoms with E-state index in [1.165, 1.54) is 25.4 Å². The molecule has 1 amide bonds. The van der Waals surface area contributed by atoms with E-state index in [0.29, 0.717) is 34.7 Å². The van der Waals surface area contributed by atoms with E-state index >= 15 is 0 Å². The van der Waals surface area contributed by atoms with Crippen molar-refractivity contribution in [2.75, 3.05) is 12.0 Å². The zero-order valence-corrected chi connectivity index (χ0v) is 19.9. The predicted molar refractivity (Wildman–Crippen MR) is 127 cm³/mol. The molecule has 0 radical (unpaired) electrons. The molecular formula is C24H24N2O5S2. The number of esters is 1. The number of ether oxygens (including phenoxy) is 1. The maximum atomic E-state index is 12.6. The number of thiophene rings is 1. The van der Waals surface area contributed by atoms with Gasteiger partial charge in [0.1, 0.15) is 4.21 Å². The number of aryl methyl sites for hydroxylation is 1. The molecule has 1 heterocycles. The van der Waals surface area contributed by atoms with E-state index in [2.05, 4.69) is 4.72 Å². The Labute approximate surface area is 197 Å². The molecule has 33 heavy (non-hydrogen) atoms. The minimum Gasteiger partial charge on any atom is -0.465 e. The Morgan fingerprint density at radius 1 is 1.06 bits per heavy atom. The minimum absolute atomic E-state index is 0.154. The Kier molecular flexibility index (Phi) is 6.64. The van der Waals surface area contributed by atoms with E-state index in [9.17, 15) is 18.0 Å². The first kappa shape index (κ1) is 23.2. The molecule has 172 valence electrons. The summed E-state index contributed by atoms with van der Waals surface area (Å²) in [7, 11) is -2.19. The fraction of sp³-hybridized carbons (Fsp3) is 0.250. The fourth-order valence-electron chi connectivity index (χ4n) is 4.05. The second-order valence-electron chi connectivity index (χ2n) is 7.84. The summed E-state index contributed by atoms with van der Waals surface area (Å²) < 4.78 is 33.0. The van der Waals surface area contributed by atoms with Crippen molar-refractivity contribution in [2.45, 2.75) is 36.4 Å². The monoisotopic (exact) mass is 484 g/mol. The molecule has 0 saturated heterocycles. The standard InChI is InChI=1S/C24H24N2O5S2/c1-16(27)26(21-10-6-17(7-11-21)24(28)31-2)22-12-8-18-14-20(9-5-19(18)15-22)25-33(29,30)23-4-3-13-32-23/h3-4,6-8,10-13,15,20,25H,5,9,14H2,1-2H3. The lowest BCUT2D eigenvalue weighted by Crippen LogP contribution is -2.38. The van der Waals surface area contributed by atoms with Crippen LogP contribution < -0.4 is 9.62 Å². The third-order valence-corrected chi connectivity index (χ3v) is 8.54. The summed E-state index contributed by atoms with van der Waals surface area (Å²) in [5.41, 5.74) is 3.94. The average Bonchev–Trinajstić information content (AvgIpc) is 3.35. The third kappa shape index (κ3) is 5.00. The van der Waals surface area contributed by atoms with Crippen LogP contribution in [-0.4, -0.2) is 33.4 Å². The first-order valence-electron chi connectivity index (χ1n) is 10.4. The van der Waals surface area contributed by atoms with Gasteiger partial charge in [-0.3, -0.25) is 9.69 Å². The van der Waals surface area contributed by atoms with Gasteiger partial charge in [0.15, 0.2) is 0 Å². The van der Waals surface area contributed by atoms with Crippen LogP contribution in [0, 0.1) is 0 Å². The van der Waals surface area contributed by atoms with E-state index in [1.54, 1.807) is 46.7 Å². The number of carbonyl (C=O) groups excluding carboxylic acids is 2. The average molecular weight is 485 g/mol. The van der Waals surface area contributed by atoms with Crippen LogP contribution >= 0.6 is 11.3 Å². The molecule has 3 aromatic rings. The van der Waals surface area contributed by atoms with E-state index in [1.807, 2.05) is 18.2 Å². The maximum Gasteiger partial charge on any atom is 0.337 e. The number of fused-ring (bicyclic) bond motifs is 1. The highest BCUT2D eigenvalue weighted by molar-refractivity contribution is 7.91. The number of carbonyl (C=O) groups is 2. The van der Waals surface area contributed by atoms with Crippen LogP contribution in [0.2, 0.25) is 0 Å². The normalized spacial score (nSPS) is 15.5. The van der Waals surface area contributed by atoms with Gasteiger partial charge in [-0.25, -0.2) is 17.9 Å². The molecular weight excluding hydrogens is 460 g/mol. The predicted octanol–water partition coefficient (Wildman–Crippen LogP) is 4.06. The highest BCUT2D eigenvalue weighted by Crippen LogP contribution is 2.31. The Hall–Kier alpha value is -3.01. The maximum absolute atomic E-state index is 12.6. The number of hydrogen-bond acceptors (Lipinski definition) is 6. The summed E-state index contributed by atoms with van der Waals surface area (Å²) in [4.78, 5) is 25.8. The number of rotatable bonds is 6. The number of nitrogens with one attached hydrogen (secondary N) is 1. The molecule has 2 aromatic carbocycles. The first-order chi connectivity index (χ1) is 15.8. The van der Waals surface area contributed by atoms with E-state index in [4.69, 9.17) is 4.74 Å². The van der Waals surface area contributed by atoms with Crippen molar-refractivity contribution in [3.05, 3.63) is 76.7 Å². The highest BCUT2D eigenvalue weighted by Gasteiger charge is 2.26. The van der Waals surface area contributed by atoms with Crippen LogP contribution in [0.25, 0.3) is 0 Å². The third-order valence-electron chi connectivity index (χ3n) is 5.62. The summed E-state index contributed by atoms with van der Waals surface area (Å²) in [5, 5.41) is 1.75. The molecule has 1 aromatic heterocycles. The molecule has 4 rings (SSSR count). The minimum atomic E-state index is -3.52. The van der Waals surface area contributed by atoms with E-state index in [-0.39, 0.29) is 11.9 Å². The van der Waals surface area contributed by atoms with Gasteiger partial charge in [-0.1, -0.05) is 12.1 Å². The van der Waals surface area contributed by atoms with Gasteiger partial charge in [0, 0.05) is 24.3 Å². The second kappa shape index (κ2) is 9.46. The van der Waals surface area contributed by atoms with Crippen molar-refractivity contribution in [3.8, 4) is 0 Å². The fourth-order valence-corrected chi connectivity index (χ4v) is 6.33. The van der Waals surface area contributed by atoms with Gasteiger partial charge in [-0.2, -0.15) is 0 Å². The van der Waals surface area contributed by atoms with Crippen molar-refractivity contribution in [2.24, 2.45) is 0 Å². The topological polar surface area (TPSA) is 92.8 Å². The van der Waals surface area contributed by atoms with Gasteiger partial charge >= 0.3 is 5.97 Å². The van der Waals surface area contributed by atoms with Crippen molar-refractivity contribution < 1.29 is 22.7 Å². The summed E-state index contributed by atoms with van der Waals surface area (Å²) in [6, 6.07) is 15.6. The molecule has 1 N–H and O–H groups in total. The molecule has 9 heteroatoms. The van der Waals surface area contributed by atoms with Crippen LogP contribution in [0.5, 0.6) is 0 Å². The van der Waals surface area contributed by atoms with Gasteiger partial charge in [0.05, 0.1) is 12.7 Å². The largest absolute Gasteiger partial charge is 0.465 e. The summed E-state index contributed by atoms with van der Waals surface area (Å²) in [6.45, 7) is 1.49. The van der Waals surface area contributed by atoms with Crippen LogP contribution in [0.3, 0.4) is 0 Å². The summed E-state index contributed by atoms with van der Waals surface area (Å²) >= 11 is 1.20. The number of sulfonamides is 1. The number of methoxy groups -OCH3 is 1. The zero-order chi connectivity index (χ0) is 23.6. The van der Waals surface area contributed by atoms with Crippen LogP contribution in [-0.2, 0) is 32.4 Å². The Morgan fingerprint density at radius 2 is 1.79 bits per heavy atom. The van der Waals surface area contributed by atoms with Crippen molar-refractivity contribution in [1.82, 2.24) is 4.72 Å². The van der Waals surface area contributed by atoms with E-state index in [0.717, 1.165) is 16.8 Å². The van der Waals surface area contributed by atoms with Crippen molar-refractivity contribution in [3.63, 3.8) is 0 Å². The molecule has 1 aliphatic rings. The van der Waals surface area contributed by atoms with E-state index < -0.39 is 16.0 Å². The first-order valence-corrected chi connectivity index (χ1v) is 12.8. The van der Waals surface area contributed by atoms with Crippen molar-refractivity contribution >= 4 is 44.6 Å². The Balaban J connectivity index is 1.54. The molecule has 0 fully saturated rings. The highest BCUT2D eigenvalue weighted by atomic mass is 32.2. The zero-order valence-electron chi connectivity index (χ0n) is 18.3. The summed E-state index contributed by atoms with van der Waals surface area (Å²) in [5.74, 6) is -0.591. The Bertz CT molecular complexity index is 1270. The van der Waals surface area contributed by atoms with Gasteiger partial charge in [0.2, 0.25) is 15.9 Å². The molecule has 0 spiro atoms. The second-order valence-corrected chi connectivity index (χ2v) is 10.7. The number of amides is 1. The van der Waals surface area contributed by atoms with Gasteiger partial charge in [0.25, 0.3) is 0 Å². The quantitative estimate of drug-likeness (QED) is 0.533. The molecule has 0 bridgehead atoms. The van der Waals surface area contributed by atoms with Crippen LogP contribution in [0.4, 0.5) is 11.4 Å². The summed E-state index contributed by atoms with van der Waals surface area (Å²) in [6.07, 6.45) is 1.97. The molecule has 0 saturated carbocycles. The van der Waals surface area contributed by atoms with Crippen molar-refractivity contribution in [1.29, 1.82) is 0 Å². The molecule has 1 atom stereocenters. The van der Waals surface area contributed by atoms with Gasteiger partial charge < -0.3 is 4.74 Å². The SMILES string of the molecule is COC(=O)c1ccc(N(C(C)=O)c2ccc3c(c2)CCC(NS(=O)(=O)c2cccs2)C3)cc1. The number of anilines is 2. The lowest BCUT2D eigenvalue weighted by molar-refractivity contribution is -0.115. The lowest BCUT2D eigenvalue weighted by atomic mass is 9.88. The van der Waals surface area contributed by atoms with Gasteiger partial charge in [-0.05, 0) is 78.2 Å². The smallest absolute Gasteiger partial charge is 0.337 e. The Morgan fingerprint density at radius 3 is 2.42 bits per heavy atom. The molecule has 7 nitrogen and oxygen atoms in total.